The lowest BCUT2D eigenvalue weighted by Crippen LogP contribution is -2.38. The largest absolute Gasteiger partial charge is 0.481 e. The van der Waals surface area contributed by atoms with E-state index in [-0.39, 0.29) is 17.2 Å². The summed E-state index contributed by atoms with van der Waals surface area (Å²) in [7, 11) is -3.66. The van der Waals surface area contributed by atoms with Crippen LogP contribution in [0.2, 0.25) is 0 Å². The van der Waals surface area contributed by atoms with Crippen LogP contribution < -0.4 is 4.72 Å². The topological polar surface area (TPSA) is 83.5 Å². The number of hydrogen-bond donors (Lipinski definition) is 2. The number of nitrogens with one attached hydrogen (secondary N) is 1. The van der Waals surface area contributed by atoms with Gasteiger partial charge in [0.15, 0.2) is 0 Å². The molecule has 6 heteroatoms. The zero-order valence-corrected chi connectivity index (χ0v) is 12.9. The Labute approximate surface area is 125 Å². The predicted octanol–water partition coefficient (Wildman–Crippen LogP) is 2.17. The van der Waals surface area contributed by atoms with Gasteiger partial charge in [-0.1, -0.05) is 25.5 Å². The van der Waals surface area contributed by atoms with Crippen molar-refractivity contribution in [2.24, 2.45) is 5.92 Å². The molecule has 2 N–H and O–H groups in total. The smallest absolute Gasteiger partial charge is 0.304 e. The van der Waals surface area contributed by atoms with Crippen molar-refractivity contribution in [1.29, 1.82) is 0 Å². The van der Waals surface area contributed by atoms with Gasteiger partial charge in [-0.05, 0) is 42.9 Å². The fourth-order valence-electron chi connectivity index (χ4n) is 2.38. The van der Waals surface area contributed by atoms with E-state index in [1.807, 2.05) is 0 Å². The molecule has 0 spiro atoms. The van der Waals surface area contributed by atoms with E-state index < -0.39 is 22.0 Å². The van der Waals surface area contributed by atoms with Crippen LogP contribution in [-0.2, 0) is 21.2 Å². The average Bonchev–Trinajstić information content (AvgIpc) is 3.22. The minimum Gasteiger partial charge on any atom is -0.481 e. The first-order valence-electron chi connectivity index (χ1n) is 7.25. The molecule has 1 aromatic rings. The summed E-state index contributed by atoms with van der Waals surface area (Å²) in [5, 5.41) is 8.89. The quantitative estimate of drug-likeness (QED) is 0.770. The van der Waals surface area contributed by atoms with Gasteiger partial charge in [-0.3, -0.25) is 4.79 Å². The van der Waals surface area contributed by atoms with Crippen LogP contribution >= 0.6 is 0 Å². The van der Waals surface area contributed by atoms with Gasteiger partial charge in [-0.15, -0.1) is 0 Å². The Balaban J connectivity index is 2.10. The molecule has 2 rings (SSSR count). The number of benzene rings is 1. The van der Waals surface area contributed by atoms with Gasteiger partial charge in [-0.2, -0.15) is 0 Å². The lowest BCUT2D eigenvalue weighted by molar-refractivity contribution is -0.137. The number of carboxylic acids is 1. The Morgan fingerprint density at radius 2 is 1.95 bits per heavy atom. The summed E-state index contributed by atoms with van der Waals surface area (Å²) in [6.07, 6.45) is 3.52. The molecule has 1 atom stereocenters. The van der Waals surface area contributed by atoms with Crippen molar-refractivity contribution in [2.45, 2.75) is 50.0 Å². The highest BCUT2D eigenvalue weighted by Gasteiger charge is 2.35. The Hall–Kier alpha value is -1.40. The van der Waals surface area contributed by atoms with Gasteiger partial charge in [-0.25, -0.2) is 13.1 Å². The molecular weight excluding hydrogens is 290 g/mol. The van der Waals surface area contributed by atoms with Crippen molar-refractivity contribution in [3.8, 4) is 0 Å². The number of aliphatic carboxylic acids is 1. The zero-order valence-electron chi connectivity index (χ0n) is 12.1. The number of hydrogen-bond acceptors (Lipinski definition) is 3. The molecule has 0 aliphatic heterocycles. The zero-order chi connectivity index (χ0) is 15.5. The summed E-state index contributed by atoms with van der Waals surface area (Å²) in [6, 6.07) is 6.27. The fourth-order valence-corrected chi connectivity index (χ4v) is 3.69. The summed E-state index contributed by atoms with van der Waals surface area (Å²) in [5.74, 6) is -0.830. The van der Waals surface area contributed by atoms with Gasteiger partial charge in [0.25, 0.3) is 0 Å². The van der Waals surface area contributed by atoms with E-state index in [9.17, 15) is 13.2 Å². The lowest BCUT2D eigenvalue weighted by atomic mass is 10.1. The lowest BCUT2D eigenvalue weighted by Gasteiger charge is -2.16. The molecule has 1 aliphatic rings. The molecule has 0 amide bonds. The monoisotopic (exact) mass is 311 g/mol. The van der Waals surface area contributed by atoms with Crippen LogP contribution in [0.5, 0.6) is 0 Å². The van der Waals surface area contributed by atoms with Crippen LogP contribution in [0.1, 0.15) is 38.2 Å². The highest BCUT2D eigenvalue weighted by molar-refractivity contribution is 7.89. The highest BCUT2D eigenvalue weighted by Crippen LogP contribution is 2.34. The van der Waals surface area contributed by atoms with E-state index >= 15 is 0 Å². The van der Waals surface area contributed by atoms with Crippen LogP contribution in [0.4, 0.5) is 0 Å². The summed E-state index contributed by atoms with van der Waals surface area (Å²) in [4.78, 5) is 11.0. The second-order valence-electron chi connectivity index (χ2n) is 5.56. The number of carboxylic acid groups (broad SMARTS) is 1. The average molecular weight is 311 g/mol. The number of aryl methyl sites for hydroxylation is 1. The molecule has 116 valence electrons. The van der Waals surface area contributed by atoms with Gasteiger partial charge in [0.05, 0.1) is 11.3 Å². The maximum absolute atomic E-state index is 12.3. The first-order valence-corrected chi connectivity index (χ1v) is 8.73. The van der Waals surface area contributed by atoms with E-state index in [0.29, 0.717) is 0 Å². The van der Waals surface area contributed by atoms with Crippen molar-refractivity contribution in [2.75, 3.05) is 0 Å². The van der Waals surface area contributed by atoms with Crippen LogP contribution in [0.15, 0.2) is 29.2 Å². The minimum absolute atomic E-state index is 0.148. The molecular formula is C15H21NO4S. The van der Waals surface area contributed by atoms with E-state index in [4.69, 9.17) is 5.11 Å². The van der Waals surface area contributed by atoms with Gasteiger partial charge >= 0.3 is 5.97 Å². The highest BCUT2D eigenvalue weighted by atomic mass is 32.2. The summed E-state index contributed by atoms with van der Waals surface area (Å²) < 4.78 is 27.2. The molecule has 21 heavy (non-hydrogen) atoms. The van der Waals surface area contributed by atoms with E-state index in [1.54, 1.807) is 24.3 Å². The molecule has 0 aromatic heterocycles. The van der Waals surface area contributed by atoms with Crippen molar-refractivity contribution in [1.82, 2.24) is 4.72 Å². The Bertz CT molecular complexity index is 591. The normalized spacial score (nSPS) is 16.6. The van der Waals surface area contributed by atoms with E-state index in [2.05, 4.69) is 11.6 Å². The second-order valence-corrected chi connectivity index (χ2v) is 7.27. The van der Waals surface area contributed by atoms with Crippen LogP contribution in [0.3, 0.4) is 0 Å². The molecule has 1 saturated carbocycles. The van der Waals surface area contributed by atoms with Crippen molar-refractivity contribution in [3.05, 3.63) is 29.8 Å². The Kier molecular flexibility index (Phi) is 5.00. The number of sulfonamides is 1. The molecule has 5 nitrogen and oxygen atoms in total. The fraction of sp³-hybridized carbons (Fsp3) is 0.533. The number of carbonyl (C=O) groups is 1. The van der Waals surface area contributed by atoms with Gasteiger partial charge in [0, 0.05) is 6.04 Å². The van der Waals surface area contributed by atoms with Crippen molar-refractivity contribution >= 4 is 16.0 Å². The Morgan fingerprint density at radius 3 is 2.43 bits per heavy atom. The van der Waals surface area contributed by atoms with E-state index in [0.717, 1.165) is 31.2 Å². The molecule has 1 aliphatic carbocycles. The third-order valence-corrected chi connectivity index (χ3v) is 5.17. The standard InChI is InChI=1S/C15H21NO4S/c1-2-3-11-4-8-13(9-5-11)21(19,20)16-14(10-15(17)18)12-6-7-12/h4-5,8-9,12,14,16H,2-3,6-7,10H2,1H3,(H,17,18). The van der Waals surface area contributed by atoms with Crippen LogP contribution in [0.25, 0.3) is 0 Å². The van der Waals surface area contributed by atoms with Crippen LogP contribution in [-0.4, -0.2) is 25.5 Å². The summed E-state index contributed by atoms with van der Waals surface area (Å²) >= 11 is 0. The van der Waals surface area contributed by atoms with E-state index in [1.165, 1.54) is 0 Å². The van der Waals surface area contributed by atoms with Crippen LogP contribution in [0, 0.1) is 5.92 Å². The molecule has 0 radical (unpaired) electrons. The molecule has 0 saturated heterocycles. The second kappa shape index (κ2) is 6.58. The third kappa shape index (κ3) is 4.54. The molecule has 1 unspecified atom stereocenters. The predicted molar refractivity (Wildman–Crippen MR) is 79.5 cm³/mol. The number of rotatable bonds is 8. The van der Waals surface area contributed by atoms with Gasteiger partial charge in [0.2, 0.25) is 10.0 Å². The minimum atomic E-state index is -3.66. The first kappa shape index (κ1) is 16.0. The van der Waals surface area contributed by atoms with Crippen molar-refractivity contribution in [3.63, 3.8) is 0 Å². The van der Waals surface area contributed by atoms with Crippen molar-refractivity contribution < 1.29 is 18.3 Å². The Morgan fingerprint density at radius 1 is 1.33 bits per heavy atom. The first-order chi connectivity index (χ1) is 9.92. The maximum atomic E-state index is 12.3. The third-order valence-electron chi connectivity index (χ3n) is 3.66. The van der Waals surface area contributed by atoms with Gasteiger partial charge in [0.1, 0.15) is 0 Å². The molecule has 1 aromatic carbocycles. The summed E-state index contributed by atoms with van der Waals surface area (Å²) in [5.41, 5.74) is 1.10. The van der Waals surface area contributed by atoms with Gasteiger partial charge < -0.3 is 5.11 Å². The summed E-state index contributed by atoms with van der Waals surface area (Å²) in [6.45, 7) is 2.07. The molecule has 0 bridgehead atoms. The SMILES string of the molecule is CCCc1ccc(S(=O)(=O)NC(CC(=O)O)C2CC2)cc1. The molecule has 1 fully saturated rings. The molecule has 0 heterocycles. The maximum Gasteiger partial charge on any atom is 0.304 e.